The fourth-order valence-corrected chi connectivity index (χ4v) is 16.4. The Morgan fingerprint density at radius 3 is 2.24 bits per heavy atom. The molecule has 1 aliphatic carbocycles. The van der Waals surface area contributed by atoms with Crippen molar-refractivity contribution in [1.29, 1.82) is 0 Å². The summed E-state index contributed by atoms with van der Waals surface area (Å²) >= 11 is -0.241. The molecule has 0 amide bonds. The van der Waals surface area contributed by atoms with E-state index in [1.165, 1.54) is 24.9 Å². The summed E-state index contributed by atoms with van der Waals surface area (Å²) in [5.74, 6) is -0.359. The standard InChI is InChI=1S/C13H15.C4H11Si.2BrH.Zr/c1-3-6-11-9-12-7-4-5-8-13(12)10(11)2;1-3-5-4-2;;;/h4-5,7-9H,3,6H2,1-2H3;5H,3-4H2,1-2H3;2*1H;/q;;;;+2/p-2. The van der Waals surface area contributed by atoms with Crippen LogP contribution < -0.4 is 34.0 Å². The Kier molecular flexibility index (Phi) is 11.3. The summed E-state index contributed by atoms with van der Waals surface area (Å²) in [6.45, 7) is 9.59. The van der Waals surface area contributed by atoms with Gasteiger partial charge < -0.3 is 34.0 Å². The molecule has 0 spiro atoms. The van der Waals surface area contributed by atoms with Gasteiger partial charge in [0, 0.05) is 0 Å². The van der Waals surface area contributed by atoms with Gasteiger partial charge in [-0.05, 0) is 0 Å². The zero-order valence-corrected chi connectivity index (χ0v) is 20.3. The fraction of sp³-hybridized carbons (Fsp3) is 0.529. The van der Waals surface area contributed by atoms with Gasteiger partial charge in [0.25, 0.3) is 0 Å². The Morgan fingerprint density at radius 1 is 1.05 bits per heavy atom. The predicted octanol–water partition coefficient (Wildman–Crippen LogP) is -0.831. The molecular weight excluding hydrogens is 483 g/mol. The Labute approximate surface area is 163 Å². The average molecular weight is 510 g/mol. The molecule has 1 aliphatic rings. The van der Waals surface area contributed by atoms with Crippen molar-refractivity contribution in [3.8, 4) is 0 Å². The fourth-order valence-electron chi connectivity index (χ4n) is 3.22. The summed E-state index contributed by atoms with van der Waals surface area (Å²) in [6.07, 6.45) is 2.64. The van der Waals surface area contributed by atoms with Crippen molar-refractivity contribution in [3.05, 3.63) is 41.0 Å². The molecule has 0 saturated heterocycles. The minimum absolute atomic E-state index is 0. The van der Waals surface area contributed by atoms with E-state index in [1.807, 2.05) is 5.57 Å². The van der Waals surface area contributed by atoms with E-state index in [-0.39, 0.29) is 62.3 Å². The topological polar surface area (TPSA) is 0 Å². The number of halogens is 2. The molecule has 0 fully saturated rings. The van der Waals surface area contributed by atoms with Crippen LogP contribution in [0.5, 0.6) is 0 Å². The number of rotatable bonds is 6. The molecule has 2 rings (SSSR count). The summed E-state index contributed by atoms with van der Waals surface area (Å²) in [4.78, 5) is 0. The van der Waals surface area contributed by atoms with E-state index in [0.29, 0.717) is 0 Å². The third kappa shape index (κ3) is 4.99. The minimum Gasteiger partial charge on any atom is -1.00 e. The van der Waals surface area contributed by atoms with Crippen molar-refractivity contribution in [2.24, 2.45) is 0 Å². The zero-order chi connectivity index (χ0) is 13.8. The van der Waals surface area contributed by atoms with Gasteiger partial charge in [-0.3, -0.25) is 0 Å². The molecule has 0 aliphatic heterocycles. The summed E-state index contributed by atoms with van der Waals surface area (Å²) in [7, 11) is 0. The monoisotopic (exact) mass is 506 g/mol. The minimum atomic E-state index is -0.359. The van der Waals surface area contributed by atoms with Crippen LogP contribution in [0.4, 0.5) is 0 Å². The molecule has 1 aromatic rings. The molecule has 1 atom stereocenters. The van der Waals surface area contributed by atoms with Gasteiger partial charge in [0.2, 0.25) is 0 Å². The second-order valence-electron chi connectivity index (χ2n) is 5.60. The molecule has 0 saturated carbocycles. The Hall–Kier alpha value is 1.02. The van der Waals surface area contributed by atoms with Crippen LogP contribution in [-0.2, 0) is 22.4 Å². The molecule has 1 aromatic carbocycles. The number of benzene rings is 1. The number of fused-ring (bicyclic) bond motifs is 1. The van der Waals surface area contributed by atoms with Crippen molar-refractivity contribution >= 4 is 11.5 Å². The second-order valence-corrected chi connectivity index (χ2v) is 18.9. The molecule has 0 aromatic heterocycles. The molecule has 0 nitrogen and oxygen atoms in total. The van der Waals surface area contributed by atoms with E-state index >= 15 is 0 Å². The molecule has 0 heterocycles. The van der Waals surface area contributed by atoms with Gasteiger partial charge in [-0.1, -0.05) is 0 Å². The molecule has 1 unspecified atom stereocenters. The number of allylic oxidation sites excluding steroid dienone is 2. The van der Waals surface area contributed by atoms with Crippen LogP contribution >= 0.6 is 0 Å². The molecule has 4 heteroatoms. The first-order chi connectivity index (χ1) is 9.22. The van der Waals surface area contributed by atoms with Gasteiger partial charge in [0.1, 0.15) is 0 Å². The van der Waals surface area contributed by atoms with Crippen LogP contribution in [0.1, 0.15) is 55.3 Å². The van der Waals surface area contributed by atoms with Crippen molar-refractivity contribution in [2.45, 2.75) is 56.3 Å². The van der Waals surface area contributed by atoms with E-state index in [1.54, 1.807) is 16.7 Å². The van der Waals surface area contributed by atoms with Crippen LogP contribution in [0.3, 0.4) is 0 Å². The van der Waals surface area contributed by atoms with Gasteiger partial charge in [-0.2, -0.15) is 0 Å². The van der Waals surface area contributed by atoms with Crippen molar-refractivity contribution in [3.63, 3.8) is 0 Å². The van der Waals surface area contributed by atoms with Crippen molar-refractivity contribution < 1.29 is 56.4 Å². The van der Waals surface area contributed by atoms with Crippen LogP contribution in [0.2, 0.25) is 12.1 Å². The largest absolute Gasteiger partial charge is 1.00 e. The molecule has 0 N–H and O–H groups in total. The van der Waals surface area contributed by atoms with Gasteiger partial charge >= 0.3 is 131 Å². The molecule has 0 bridgehead atoms. The molecule has 116 valence electrons. The first-order valence-corrected chi connectivity index (χ1v) is 15.7. The quantitative estimate of drug-likeness (QED) is 0.440. The van der Waals surface area contributed by atoms with Gasteiger partial charge in [0.15, 0.2) is 0 Å². The Balaban J connectivity index is 0.00000200. The van der Waals surface area contributed by atoms with Crippen molar-refractivity contribution in [1.82, 2.24) is 0 Å². The Morgan fingerprint density at radius 2 is 1.67 bits per heavy atom. The van der Waals surface area contributed by atoms with E-state index in [0.717, 1.165) is 3.63 Å². The summed E-state index contributed by atoms with van der Waals surface area (Å²) in [5, 5.41) is 0. The van der Waals surface area contributed by atoms with Crippen LogP contribution in [0, 0.1) is 0 Å². The van der Waals surface area contributed by atoms with Gasteiger partial charge in [0.05, 0.1) is 0 Å². The van der Waals surface area contributed by atoms with Crippen LogP contribution in [0.15, 0.2) is 29.8 Å². The van der Waals surface area contributed by atoms with Gasteiger partial charge in [-0.25, -0.2) is 0 Å². The Bertz CT molecular complexity index is 470. The SMILES string of the molecule is CCCC1=C(C)c2ccccc2[CH]1[Zr+2][SiH](CC)CC.[Br-].[Br-]. The molecule has 0 radical (unpaired) electrons. The summed E-state index contributed by atoms with van der Waals surface area (Å²) in [6, 6.07) is 12.3. The van der Waals surface area contributed by atoms with E-state index in [9.17, 15) is 0 Å². The van der Waals surface area contributed by atoms with E-state index in [4.69, 9.17) is 0 Å². The zero-order valence-electron chi connectivity index (χ0n) is 13.5. The van der Waals surface area contributed by atoms with Crippen molar-refractivity contribution in [2.75, 3.05) is 0 Å². The third-order valence-corrected chi connectivity index (χ3v) is 20.8. The second kappa shape index (κ2) is 10.7. The normalized spacial score (nSPS) is 16.1. The maximum atomic E-state index is 2.44. The summed E-state index contributed by atoms with van der Waals surface area (Å²) in [5.41, 5.74) is 6.74. The first kappa shape index (κ1) is 22.0. The van der Waals surface area contributed by atoms with Crippen LogP contribution in [-0.4, -0.2) is 5.92 Å². The average Bonchev–Trinajstić information content (AvgIpc) is 2.71. The van der Waals surface area contributed by atoms with Gasteiger partial charge in [-0.15, -0.1) is 0 Å². The number of hydrogen-bond donors (Lipinski definition) is 0. The summed E-state index contributed by atoms with van der Waals surface area (Å²) < 4.78 is 0.927. The third-order valence-electron chi connectivity index (χ3n) is 4.41. The molecule has 21 heavy (non-hydrogen) atoms. The maximum Gasteiger partial charge on any atom is -1.00 e. The van der Waals surface area contributed by atoms with E-state index < -0.39 is 0 Å². The van der Waals surface area contributed by atoms with E-state index in [2.05, 4.69) is 52.0 Å². The number of hydrogen-bond acceptors (Lipinski definition) is 0. The maximum absolute atomic E-state index is 2.44. The first-order valence-electron chi connectivity index (χ1n) is 7.77. The molecular formula is C17H26Br2SiZr. The van der Waals surface area contributed by atoms with Crippen LogP contribution in [0.25, 0.3) is 5.57 Å². The predicted molar refractivity (Wildman–Crippen MR) is 84.8 cm³/mol. The smallest absolute Gasteiger partial charge is 1.00 e.